The lowest BCUT2D eigenvalue weighted by Gasteiger charge is -2.11. The van der Waals surface area contributed by atoms with Crippen LogP contribution in [0.2, 0.25) is 0 Å². The second kappa shape index (κ2) is 4.44. The Balaban J connectivity index is 2.41. The summed E-state index contributed by atoms with van der Waals surface area (Å²) in [6.45, 7) is 3.23. The van der Waals surface area contributed by atoms with Gasteiger partial charge in [0.15, 0.2) is 0 Å². The number of rotatable bonds is 4. The highest BCUT2D eigenvalue weighted by Gasteiger charge is 2.03. The zero-order chi connectivity index (χ0) is 8.10. The minimum absolute atomic E-state index is 0.674. The first-order valence-corrected chi connectivity index (χ1v) is 4.56. The number of aromatic nitrogens is 2. The number of hydrogen-bond acceptors (Lipinski definition) is 2. The molecule has 1 aromatic heterocycles. The van der Waals surface area contributed by atoms with Gasteiger partial charge in [0, 0.05) is 18.9 Å². The van der Waals surface area contributed by atoms with Crippen molar-refractivity contribution in [3.63, 3.8) is 0 Å². The normalized spacial score (nSPS) is 13.3. The van der Waals surface area contributed by atoms with Crippen molar-refractivity contribution in [2.75, 3.05) is 5.75 Å². The maximum absolute atomic E-state index is 4.27. The summed E-state index contributed by atoms with van der Waals surface area (Å²) in [5.41, 5.74) is 0. The summed E-state index contributed by atoms with van der Waals surface area (Å²) in [6.07, 6.45) is 6.84. The van der Waals surface area contributed by atoms with Gasteiger partial charge in [-0.25, -0.2) is 4.98 Å². The quantitative estimate of drug-likeness (QED) is 0.683. The van der Waals surface area contributed by atoms with Crippen LogP contribution < -0.4 is 0 Å². The molecule has 2 nitrogen and oxygen atoms in total. The molecule has 0 aliphatic carbocycles. The molecule has 0 aromatic carbocycles. The van der Waals surface area contributed by atoms with Crippen LogP contribution in [0.15, 0.2) is 18.7 Å². The third-order valence-corrected chi connectivity index (χ3v) is 2.38. The van der Waals surface area contributed by atoms with Gasteiger partial charge in [-0.05, 0) is 11.7 Å². The third-order valence-electron chi connectivity index (χ3n) is 1.86. The van der Waals surface area contributed by atoms with Crippen LogP contribution >= 0.6 is 12.6 Å². The summed E-state index contributed by atoms with van der Waals surface area (Å²) < 4.78 is 2.10. The molecule has 0 aliphatic rings. The standard InChI is InChI=1S/C8H14N2S/c1-2-8(6-11)5-10-4-3-9-7-10/h3-4,7-8,11H,2,5-6H2,1H3. The minimum atomic E-state index is 0.674. The first-order valence-electron chi connectivity index (χ1n) is 3.93. The third kappa shape index (κ3) is 2.58. The molecule has 0 fully saturated rings. The monoisotopic (exact) mass is 170 g/mol. The van der Waals surface area contributed by atoms with Crippen molar-refractivity contribution >= 4 is 12.6 Å². The van der Waals surface area contributed by atoms with Crippen molar-refractivity contribution in [2.24, 2.45) is 5.92 Å². The molecule has 1 atom stereocenters. The van der Waals surface area contributed by atoms with Crippen molar-refractivity contribution in [1.82, 2.24) is 9.55 Å². The van der Waals surface area contributed by atoms with Crippen LogP contribution in [-0.2, 0) is 6.54 Å². The van der Waals surface area contributed by atoms with Gasteiger partial charge in [0.2, 0.25) is 0 Å². The number of nitrogens with zero attached hydrogens (tertiary/aromatic N) is 2. The second-order valence-corrected chi connectivity index (χ2v) is 3.08. The molecule has 0 radical (unpaired) electrons. The van der Waals surface area contributed by atoms with E-state index in [0.29, 0.717) is 5.92 Å². The van der Waals surface area contributed by atoms with Gasteiger partial charge in [0.05, 0.1) is 6.33 Å². The zero-order valence-electron chi connectivity index (χ0n) is 6.77. The molecule has 1 aromatic rings. The summed E-state index contributed by atoms with van der Waals surface area (Å²) in [7, 11) is 0. The van der Waals surface area contributed by atoms with Crippen LogP contribution in [0.1, 0.15) is 13.3 Å². The maximum atomic E-state index is 4.27. The fourth-order valence-corrected chi connectivity index (χ4v) is 1.38. The highest BCUT2D eigenvalue weighted by Crippen LogP contribution is 2.07. The van der Waals surface area contributed by atoms with Crippen molar-refractivity contribution in [1.29, 1.82) is 0 Å². The topological polar surface area (TPSA) is 17.8 Å². The molecule has 0 saturated carbocycles. The smallest absolute Gasteiger partial charge is 0.0946 e. The van der Waals surface area contributed by atoms with E-state index in [1.54, 1.807) is 0 Å². The molecule has 1 heterocycles. The SMILES string of the molecule is CCC(CS)Cn1ccnc1. The Morgan fingerprint density at radius 1 is 1.64 bits per heavy atom. The lowest BCUT2D eigenvalue weighted by atomic mass is 10.1. The first-order chi connectivity index (χ1) is 5.36. The molecule has 0 N–H and O–H groups in total. The van der Waals surface area contributed by atoms with E-state index in [1.807, 2.05) is 18.7 Å². The lowest BCUT2D eigenvalue weighted by Crippen LogP contribution is -2.09. The average molecular weight is 170 g/mol. The molecular formula is C8H14N2S. The van der Waals surface area contributed by atoms with Gasteiger partial charge >= 0.3 is 0 Å². The fourth-order valence-electron chi connectivity index (χ4n) is 1.01. The summed E-state index contributed by atoms with van der Waals surface area (Å²) >= 11 is 4.27. The molecule has 0 bridgehead atoms. The van der Waals surface area contributed by atoms with E-state index in [9.17, 15) is 0 Å². The molecule has 0 amide bonds. The molecule has 0 aliphatic heterocycles. The molecule has 62 valence electrons. The fraction of sp³-hybridized carbons (Fsp3) is 0.625. The van der Waals surface area contributed by atoms with Crippen LogP contribution in [0.4, 0.5) is 0 Å². The van der Waals surface area contributed by atoms with Crippen molar-refractivity contribution < 1.29 is 0 Å². The van der Waals surface area contributed by atoms with E-state index in [4.69, 9.17) is 0 Å². The van der Waals surface area contributed by atoms with E-state index >= 15 is 0 Å². The molecule has 11 heavy (non-hydrogen) atoms. The highest BCUT2D eigenvalue weighted by atomic mass is 32.1. The Kier molecular flexibility index (Phi) is 3.49. The molecule has 0 spiro atoms. The maximum Gasteiger partial charge on any atom is 0.0946 e. The van der Waals surface area contributed by atoms with Crippen molar-refractivity contribution in [2.45, 2.75) is 19.9 Å². The number of hydrogen-bond donors (Lipinski definition) is 1. The summed E-state index contributed by atoms with van der Waals surface area (Å²) in [4.78, 5) is 3.98. The summed E-state index contributed by atoms with van der Waals surface area (Å²) in [5.74, 6) is 1.63. The molecule has 1 rings (SSSR count). The van der Waals surface area contributed by atoms with Gasteiger partial charge in [-0.2, -0.15) is 12.6 Å². The predicted octanol–water partition coefficient (Wildman–Crippen LogP) is 1.84. The Morgan fingerprint density at radius 3 is 2.91 bits per heavy atom. The van der Waals surface area contributed by atoms with E-state index in [-0.39, 0.29) is 0 Å². The first kappa shape index (κ1) is 8.65. The lowest BCUT2D eigenvalue weighted by molar-refractivity contribution is 0.477. The van der Waals surface area contributed by atoms with Crippen LogP contribution in [0.3, 0.4) is 0 Å². The van der Waals surface area contributed by atoms with E-state index in [0.717, 1.165) is 12.3 Å². The summed E-state index contributed by atoms with van der Waals surface area (Å²) in [5, 5.41) is 0. The molecular weight excluding hydrogens is 156 g/mol. The van der Waals surface area contributed by atoms with E-state index < -0.39 is 0 Å². The predicted molar refractivity (Wildman–Crippen MR) is 49.9 cm³/mol. The Bertz CT molecular complexity index is 180. The average Bonchev–Trinajstić information content (AvgIpc) is 2.52. The minimum Gasteiger partial charge on any atom is -0.337 e. The second-order valence-electron chi connectivity index (χ2n) is 2.72. The molecule has 3 heteroatoms. The number of imidazole rings is 1. The highest BCUT2D eigenvalue weighted by molar-refractivity contribution is 7.80. The van der Waals surface area contributed by atoms with Crippen molar-refractivity contribution in [3.05, 3.63) is 18.7 Å². The Labute approximate surface area is 73.0 Å². The van der Waals surface area contributed by atoms with Crippen LogP contribution in [0, 0.1) is 5.92 Å². The van der Waals surface area contributed by atoms with Gasteiger partial charge < -0.3 is 4.57 Å². The largest absolute Gasteiger partial charge is 0.337 e. The van der Waals surface area contributed by atoms with E-state index in [1.165, 1.54) is 6.42 Å². The van der Waals surface area contributed by atoms with Crippen LogP contribution in [0.5, 0.6) is 0 Å². The van der Waals surface area contributed by atoms with Gasteiger partial charge in [-0.1, -0.05) is 13.3 Å². The zero-order valence-corrected chi connectivity index (χ0v) is 7.67. The Morgan fingerprint density at radius 2 is 2.45 bits per heavy atom. The van der Waals surface area contributed by atoms with Gasteiger partial charge in [-0.3, -0.25) is 0 Å². The van der Waals surface area contributed by atoms with Crippen LogP contribution in [0.25, 0.3) is 0 Å². The van der Waals surface area contributed by atoms with Crippen LogP contribution in [-0.4, -0.2) is 15.3 Å². The van der Waals surface area contributed by atoms with Gasteiger partial charge in [-0.15, -0.1) is 0 Å². The molecule has 0 saturated heterocycles. The van der Waals surface area contributed by atoms with Gasteiger partial charge in [0.1, 0.15) is 0 Å². The summed E-state index contributed by atoms with van der Waals surface area (Å²) in [6, 6.07) is 0. The number of thiol groups is 1. The Hall–Kier alpha value is -0.440. The van der Waals surface area contributed by atoms with Gasteiger partial charge in [0.25, 0.3) is 0 Å². The molecule has 1 unspecified atom stereocenters. The van der Waals surface area contributed by atoms with Crippen molar-refractivity contribution in [3.8, 4) is 0 Å². The van der Waals surface area contributed by atoms with E-state index in [2.05, 4.69) is 29.1 Å².